The molecule has 0 spiro atoms. The minimum atomic E-state index is -0.438. The number of fused-ring (bicyclic) bond motifs is 4. The van der Waals surface area contributed by atoms with Crippen molar-refractivity contribution in [1.29, 1.82) is 0 Å². The molecule has 2 aromatic heterocycles. The minimum absolute atomic E-state index is 0. The molecule has 342 valence electrons. The molecule has 0 radical (unpaired) electrons. The Morgan fingerprint density at radius 1 is 0.657 bits per heavy atom. The molecule has 0 aliphatic carbocycles. The number of rotatable bonds is 7. The molecule has 1 unspecified atom stereocenters. The molecule has 67 heavy (non-hydrogen) atoms. The first-order chi connectivity index (χ1) is 31.5. The van der Waals surface area contributed by atoms with Crippen LogP contribution in [0.2, 0.25) is 0 Å². The van der Waals surface area contributed by atoms with E-state index in [4.69, 9.17) is 19.7 Å². The summed E-state index contributed by atoms with van der Waals surface area (Å²) >= 11 is 0. The molecule has 10 rings (SSSR count). The zero-order valence-corrected chi connectivity index (χ0v) is 42.1. The van der Waals surface area contributed by atoms with Crippen molar-refractivity contribution >= 4 is 50.5 Å². The topological polar surface area (TPSA) is 70.3 Å². The van der Waals surface area contributed by atoms with Crippen LogP contribution in [0.1, 0.15) is 102 Å². The van der Waals surface area contributed by atoms with Crippen molar-refractivity contribution in [3.05, 3.63) is 192 Å². The van der Waals surface area contributed by atoms with E-state index < -0.39 is 6.17 Å². The molecular weight excluding hydrogens is 1010 g/mol. The van der Waals surface area contributed by atoms with E-state index >= 15 is 0 Å². The number of para-hydroxylation sites is 3. The van der Waals surface area contributed by atoms with Crippen LogP contribution in [0.3, 0.4) is 0 Å². The van der Waals surface area contributed by atoms with E-state index in [-0.39, 0.29) is 37.3 Å². The number of nitrogens with zero attached hydrogens (tertiary/aromatic N) is 6. The summed E-state index contributed by atoms with van der Waals surface area (Å²) in [4.78, 5) is 20.0. The summed E-state index contributed by atoms with van der Waals surface area (Å²) in [5.41, 5.74) is 11.0. The predicted molar refractivity (Wildman–Crippen MR) is 272 cm³/mol. The first-order valence-electron chi connectivity index (χ1n) is 22.8. The normalized spacial score (nSPS) is 15.2. The van der Waals surface area contributed by atoms with Crippen LogP contribution in [0.15, 0.2) is 150 Å². The van der Waals surface area contributed by atoms with Crippen molar-refractivity contribution in [3.63, 3.8) is 0 Å². The third kappa shape index (κ3) is 8.80. The van der Waals surface area contributed by atoms with Gasteiger partial charge in [0.05, 0.1) is 0 Å². The molecule has 8 aromatic rings. The second kappa shape index (κ2) is 17.3. The molecule has 0 bridgehead atoms. The summed E-state index contributed by atoms with van der Waals surface area (Å²) in [6, 6.07) is 54.2. The van der Waals surface area contributed by atoms with Gasteiger partial charge in [-0.3, -0.25) is 0 Å². The van der Waals surface area contributed by atoms with E-state index in [2.05, 4.69) is 223 Å². The number of aliphatic imine (C=N–C) groups is 2. The summed E-state index contributed by atoms with van der Waals surface area (Å²) in [5.74, 6) is 3.08. The number of pyridine rings is 1. The Bertz CT molecular complexity index is 3190. The fourth-order valence-corrected chi connectivity index (χ4v) is 8.78. The number of ether oxygens (including phenoxy) is 1. The van der Waals surface area contributed by atoms with E-state index in [0.29, 0.717) is 22.9 Å². The van der Waals surface area contributed by atoms with Gasteiger partial charge in [0.25, 0.3) is 0 Å². The van der Waals surface area contributed by atoms with Crippen LogP contribution in [0, 0.1) is 18.8 Å². The average Bonchev–Trinajstić information content (AvgIpc) is 3.81. The smallest absolute Gasteiger partial charge is 0.147 e. The molecule has 1 N–H and O–H groups in total. The van der Waals surface area contributed by atoms with Crippen molar-refractivity contribution in [1.82, 2.24) is 14.9 Å². The van der Waals surface area contributed by atoms with Crippen LogP contribution in [0.4, 0.5) is 17.1 Å². The molecule has 8 nitrogen and oxygen atoms in total. The molecule has 4 heterocycles. The van der Waals surface area contributed by atoms with Crippen LogP contribution in [0.5, 0.6) is 11.5 Å². The number of benzene rings is 6. The number of hydrogen-bond donors (Lipinski definition) is 1. The molecule has 6 aromatic carbocycles. The van der Waals surface area contributed by atoms with Crippen LogP contribution in [0.25, 0.3) is 27.6 Å². The predicted octanol–water partition coefficient (Wildman–Crippen LogP) is 13.7. The van der Waals surface area contributed by atoms with Crippen LogP contribution in [-0.2, 0) is 37.3 Å². The van der Waals surface area contributed by atoms with E-state index in [1.807, 2.05) is 24.4 Å². The van der Waals surface area contributed by atoms with E-state index in [0.717, 1.165) is 67.2 Å². The van der Waals surface area contributed by atoms with Crippen LogP contribution >= 0.6 is 0 Å². The Balaban J connectivity index is 0.00000562. The molecule has 2 aliphatic rings. The van der Waals surface area contributed by atoms with E-state index in [1.165, 1.54) is 11.1 Å². The van der Waals surface area contributed by atoms with Crippen molar-refractivity contribution in [2.75, 3.05) is 16.8 Å². The molecule has 9 heteroatoms. The van der Waals surface area contributed by atoms with Gasteiger partial charge in [0, 0.05) is 61.2 Å². The Morgan fingerprint density at radius 3 is 1.97 bits per heavy atom. The van der Waals surface area contributed by atoms with Gasteiger partial charge < -0.3 is 24.4 Å². The first-order valence-corrected chi connectivity index (χ1v) is 22.8. The monoisotopic (exact) mass is 1060 g/mol. The molecule has 0 saturated heterocycles. The molecule has 0 saturated carbocycles. The van der Waals surface area contributed by atoms with Crippen LogP contribution < -0.4 is 19.9 Å². The fraction of sp³-hybridized carbons (Fsp3) is 0.241. The number of hydrogen-bond acceptors (Lipinski definition) is 7. The summed E-state index contributed by atoms with van der Waals surface area (Å²) in [6.45, 7) is 22.2. The van der Waals surface area contributed by atoms with Gasteiger partial charge in [-0.15, -0.1) is 47.0 Å². The first kappa shape index (κ1) is 45.6. The summed E-state index contributed by atoms with van der Waals surface area (Å²) < 4.78 is 9.38. The van der Waals surface area contributed by atoms with Crippen LogP contribution in [-0.4, -0.2) is 28.3 Å². The fourth-order valence-electron chi connectivity index (χ4n) is 8.78. The second-order valence-electron chi connectivity index (χ2n) is 20.5. The maximum Gasteiger partial charge on any atom is 0.147 e. The van der Waals surface area contributed by atoms with Gasteiger partial charge in [0.15, 0.2) is 0 Å². The van der Waals surface area contributed by atoms with E-state index in [1.54, 1.807) is 0 Å². The Kier molecular flexibility index (Phi) is 11.8. The Morgan fingerprint density at radius 2 is 1.30 bits per heavy atom. The number of anilines is 3. The molecular formula is C58H56N7OPt-3. The Hall–Kier alpha value is -6.50. The molecule has 2 aliphatic heterocycles. The zero-order chi connectivity index (χ0) is 46.1. The maximum atomic E-state index is 7.23. The quantitative estimate of drug-likeness (QED) is 0.161. The van der Waals surface area contributed by atoms with Crippen molar-refractivity contribution in [2.24, 2.45) is 9.98 Å². The van der Waals surface area contributed by atoms with Crippen molar-refractivity contribution in [2.45, 2.75) is 84.7 Å². The Labute approximate surface area is 409 Å². The van der Waals surface area contributed by atoms with Gasteiger partial charge >= 0.3 is 0 Å². The summed E-state index contributed by atoms with van der Waals surface area (Å²) in [7, 11) is 2.07. The van der Waals surface area contributed by atoms with Gasteiger partial charge in [-0.05, 0) is 81.3 Å². The standard InChI is InChI=1S/C58H56N7O.Pt/c1-56(2,3)39-26-22-37(23-27-39)53-60-54(38-24-28-40(29-25-38)57(4,5)6)62-55(61-53)46-34-45-44-17-11-12-18-47(44)65(52-21-15-16-30-59-52)50(45)35-51(46)66-43-32-41(58(7,8)9)31-42(33-43)64-36-63(10)48-19-13-14-20-49(48)64;/h11-32,34,36,53H,1-10H3,(H,60,61,62);/q-3;. The van der Waals surface area contributed by atoms with Gasteiger partial charge in [0.1, 0.15) is 23.7 Å². The van der Waals surface area contributed by atoms with Gasteiger partial charge in [-0.25, -0.2) is 15.0 Å². The van der Waals surface area contributed by atoms with Gasteiger partial charge in [-0.1, -0.05) is 153 Å². The van der Waals surface area contributed by atoms with E-state index in [9.17, 15) is 0 Å². The SMILES string of the molecule is CN1[CH-]N(c2[c-]c(Oc3[c-]c4c(cc3C3=NC(c5ccc(C(C)(C)C)cc5)NC(c5ccc(C(C)(C)C)cc5)=N3)c3ccccc3n4-c3ccccn3)cc(C(C)(C)C)c2)c2ccccc21.[Pt]. The average molecular weight is 1060 g/mol. The second-order valence-corrected chi connectivity index (χ2v) is 20.5. The summed E-state index contributed by atoms with van der Waals surface area (Å²) in [6.07, 6.45) is 1.39. The molecule has 0 amide bonds. The van der Waals surface area contributed by atoms with Crippen molar-refractivity contribution < 1.29 is 25.8 Å². The minimum Gasteiger partial charge on any atom is -0.508 e. The molecule has 0 fully saturated rings. The van der Waals surface area contributed by atoms with Gasteiger partial charge in [0.2, 0.25) is 0 Å². The number of amidine groups is 2. The number of nitrogens with one attached hydrogen (secondary N) is 1. The summed E-state index contributed by atoms with van der Waals surface area (Å²) in [5, 5.41) is 5.76. The van der Waals surface area contributed by atoms with Gasteiger partial charge in [-0.2, -0.15) is 6.67 Å². The maximum absolute atomic E-state index is 7.23. The third-order valence-corrected chi connectivity index (χ3v) is 12.6. The number of aromatic nitrogens is 2. The van der Waals surface area contributed by atoms with Crippen molar-refractivity contribution in [3.8, 4) is 17.3 Å². The largest absolute Gasteiger partial charge is 0.508 e. The zero-order valence-electron chi connectivity index (χ0n) is 39.8. The third-order valence-electron chi connectivity index (χ3n) is 12.6. The molecule has 1 atom stereocenters.